The Labute approximate surface area is 165 Å². The minimum Gasteiger partial charge on any atom is -0.481 e. The van der Waals surface area contributed by atoms with E-state index in [1.54, 1.807) is 11.0 Å². The maximum atomic E-state index is 13.5. The number of rotatable bonds is 10. The van der Waals surface area contributed by atoms with Gasteiger partial charge < -0.3 is 24.7 Å². The van der Waals surface area contributed by atoms with Crippen molar-refractivity contribution in [3.05, 3.63) is 12.7 Å². The van der Waals surface area contributed by atoms with E-state index in [1.165, 1.54) is 4.90 Å². The summed E-state index contributed by atoms with van der Waals surface area (Å²) in [5.74, 6) is -3.51. The van der Waals surface area contributed by atoms with Gasteiger partial charge in [-0.15, -0.1) is 6.58 Å². The SMILES string of the molecule is C=CCN(CCCCC)C(=O)[C@H]1N(CCO)C(=O)[C@@H]2[C@@H](C(=O)O)[C@H]3CC[C@]21O3. The molecule has 0 radical (unpaired) electrons. The van der Waals surface area contributed by atoms with Gasteiger partial charge >= 0.3 is 5.97 Å². The van der Waals surface area contributed by atoms with Crippen molar-refractivity contribution in [1.29, 1.82) is 0 Å². The number of carboxylic acids is 1. The molecule has 3 aliphatic heterocycles. The van der Waals surface area contributed by atoms with Crippen LogP contribution in [0.5, 0.6) is 0 Å². The fourth-order valence-electron chi connectivity index (χ4n) is 5.24. The number of likely N-dealkylation sites (tertiary alicyclic amines) is 1. The smallest absolute Gasteiger partial charge is 0.310 e. The molecule has 0 aliphatic carbocycles. The van der Waals surface area contributed by atoms with E-state index in [2.05, 4.69) is 13.5 Å². The summed E-state index contributed by atoms with van der Waals surface area (Å²) < 4.78 is 6.09. The summed E-state index contributed by atoms with van der Waals surface area (Å²) in [5.41, 5.74) is -1.11. The van der Waals surface area contributed by atoms with Gasteiger partial charge in [-0.1, -0.05) is 25.8 Å². The number of nitrogens with zero attached hydrogens (tertiary/aromatic N) is 2. The van der Waals surface area contributed by atoms with Crippen LogP contribution in [0.2, 0.25) is 0 Å². The fraction of sp³-hybridized carbons (Fsp3) is 0.750. The van der Waals surface area contributed by atoms with E-state index in [9.17, 15) is 24.6 Å². The predicted octanol–water partition coefficient (Wildman–Crippen LogP) is 0.643. The van der Waals surface area contributed by atoms with Crippen molar-refractivity contribution in [3.63, 3.8) is 0 Å². The number of hydrogen-bond donors (Lipinski definition) is 2. The minimum absolute atomic E-state index is 0.00918. The lowest BCUT2D eigenvalue weighted by atomic mass is 9.70. The highest BCUT2D eigenvalue weighted by Crippen LogP contribution is 2.58. The highest BCUT2D eigenvalue weighted by molar-refractivity contribution is 5.98. The lowest BCUT2D eigenvalue weighted by Gasteiger charge is -2.36. The summed E-state index contributed by atoms with van der Waals surface area (Å²) in [5, 5.41) is 19.1. The molecule has 0 saturated carbocycles. The molecule has 3 fully saturated rings. The molecule has 3 heterocycles. The summed E-state index contributed by atoms with van der Waals surface area (Å²) in [6, 6.07) is -0.895. The third-order valence-corrected chi connectivity index (χ3v) is 6.35. The molecule has 8 nitrogen and oxygen atoms in total. The summed E-state index contributed by atoms with van der Waals surface area (Å²) in [7, 11) is 0. The van der Waals surface area contributed by atoms with Gasteiger partial charge in [0.1, 0.15) is 11.6 Å². The number of aliphatic hydroxyl groups excluding tert-OH is 1. The molecule has 1 spiro atoms. The molecule has 0 aromatic carbocycles. The first kappa shape index (κ1) is 20.8. The Hall–Kier alpha value is -1.93. The molecule has 156 valence electrons. The van der Waals surface area contributed by atoms with Gasteiger partial charge in [0, 0.05) is 19.6 Å². The number of β-amino-alcohol motifs (C(OH)–C–C–N with tert-alkyl or cyclic N) is 1. The van der Waals surface area contributed by atoms with Crippen LogP contribution in [-0.2, 0) is 19.1 Å². The number of ether oxygens (including phenoxy) is 1. The molecule has 3 saturated heterocycles. The first-order valence-electron chi connectivity index (χ1n) is 10.1. The first-order chi connectivity index (χ1) is 13.4. The molecular formula is C20H30N2O6. The van der Waals surface area contributed by atoms with Gasteiger partial charge in [-0.05, 0) is 19.3 Å². The number of carbonyl (C=O) groups is 3. The maximum absolute atomic E-state index is 13.5. The number of unbranched alkanes of at least 4 members (excludes halogenated alkanes) is 2. The standard InChI is InChI=1S/C20H30N2O6/c1-3-5-6-10-21(9-4-2)18(25)16-20-8-7-13(28-20)14(19(26)27)15(20)17(24)22(16)11-12-23/h4,13-16,23H,2-3,5-12H2,1H3,(H,26,27)/t13-,14+,15+,16-,20+/m1/s1. The van der Waals surface area contributed by atoms with Crippen LogP contribution in [0.1, 0.15) is 39.0 Å². The maximum Gasteiger partial charge on any atom is 0.310 e. The van der Waals surface area contributed by atoms with E-state index in [4.69, 9.17) is 4.74 Å². The number of carboxylic acid groups (broad SMARTS) is 1. The Morgan fingerprint density at radius 1 is 1.43 bits per heavy atom. The highest BCUT2D eigenvalue weighted by atomic mass is 16.5. The first-order valence-corrected chi connectivity index (χ1v) is 10.1. The molecule has 3 aliphatic rings. The zero-order valence-electron chi connectivity index (χ0n) is 16.4. The largest absolute Gasteiger partial charge is 0.481 e. The van der Waals surface area contributed by atoms with Gasteiger partial charge in [0.05, 0.1) is 24.5 Å². The van der Waals surface area contributed by atoms with E-state index >= 15 is 0 Å². The summed E-state index contributed by atoms with van der Waals surface area (Å²) in [6.45, 7) is 6.41. The molecule has 5 atom stereocenters. The Morgan fingerprint density at radius 2 is 2.18 bits per heavy atom. The minimum atomic E-state index is -1.11. The Kier molecular flexibility index (Phi) is 6.09. The van der Waals surface area contributed by atoms with Gasteiger partial charge in [0.15, 0.2) is 0 Å². The van der Waals surface area contributed by atoms with E-state index in [-0.39, 0.29) is 19.1 Å². The van der Waals surface area contributed by atoms with Crippen molar-refractivity contribution >= 4 is 17.8 Å². The zero-order chi connectivity index (χ0) is 20.5. The molecule has 8 heteroatoms. The van der Waals surface area contributed by atoms with Gasteiger partial charge in [-0.25, -0.2) is 0 Å². The number of aliphatic hydroxyl groups is 1. The average Bonchev–Trinajstić information content (AvgIpc) is 3.29. The van der Waals surface area contributed by atoms with Crippen molar-refractivity contribution in [1.82, 2.24) is 9.80 Å². The van der Waals surface area contributed by atoms with Crippen molar-refractivity contribution in [2.75, 3.05) is 26.2 Å². The summed E-state index contributed by atoms with van der Waals surface area (Å²) >= 11 is 0. The normalized spacial score (nSPS) is 33.2. The molecule has 3 rings (SSSR count). The number of carbonyl (C=O) groups excluding carboxylic acids is 2. The van der Waals surface area contributed by atoms with Gasteiger partial charge in [-0.2, -0.15) is 0 Å². The molecule has 0 aromatic heterocycles. The van der Waals surface area contributed by atoms with Crippen molar-refractivity contribution in [2.45, 2.75) is 56.8 Å². The van der Waals surface area contributed by atoms with Crippen LogP contribution >= 0.6 is 0 Å². The molecule has 0 unspecified atom stereocenters. The van der Waals surface area contributed by atoms with E-state index in [0.29, 0.717) is 25.9 Å². The van der Waals surface area contributed by atoms with E-state index in [0.717, 1.165) is 19.3 Å². The second-order valence-electron chi connectivity index (χ2n) is 7.93. The fourth-order valence-corrected chi connectivity index (χ4v) is 5.24. The number of fused-ring (bicyclic) bond motifs is 1. The molecule has 0 aromatic rings. The van der Waals surface area contributed by atoms with Gasteiger partial charge in [0.2, 0.25) is 11.8 Å². The van der Waals surface area contributed by atoms with Crippen molar-refractivity contribution in [2.24, 2.45) is 11.8 Å². The van der Waals surface area contributed by atoms with Crippen LogP contribution in [0.15, 0.2) is 12.7 Å². The third-order valence-electron chi connectivity index (χ3n) is 6.35. The van der Waals surface area contributed by atoms with Crippen LogP contribution in [0, 0.1) is 11.8 Å². The predicted molar refractivity (Wildman–Crippen MR) is 100 cm³/mol. The third kappa shape index (κ3) is 3.12. The van der Waals surface area contributed by atoms with E-state index < -0.39 is 41.5 Å². The summed E-state index contributed by atoms with van der Waals surface area (Å²) in [4.78, 5) is 41.5. The summed E-state index contributed by atoms with van der Waals surface area (Å²) in [6.07, 6.45) is 4.96. The lowest BCUT2D eigenvalue weighted by Crippen LogP contribution is -2.56. The number of amides is 2. The molecule has 2 bridgehead atoms. The van der Waals surface area contributed by atoms with Crippen LogP contribution in [0.3, 0.4) is 0 Å². The van der Waals surface area contributed by atoms with Gasteiger partial charge in [0.25, 0.3) is 0 Å². The average molecular weight is 394 g/mol. The Balaban J connectivity index is 1.94. The van der Waals surface area contributed by atoms with Crippen LogP contribution in [-0.4, -0.2) is 81.8 Å². The van der Waals surface area contributed by atoms with Gasteiger partial charge in [-0.3, -0.25) is 14.4 Å². The van der Waals surface area contributed by atoms with E-state index in [1.807, 2.05) is 0 Å². The molecule has 2 N–H and O–H groups in total. The molecule has 2 amide bonds. The Bertz CT molecular complexity index is 653. The van der Waals surface area contributed by atoms with Crippen molar-refractivity contribution in [3.8, 4) is 0 Å². The van der Waals surface area contributed by atoms with Crippen LogP contribution < -0.4 is 0 Å². The molecule has 28 heavy (non-hydrogen) atoms. The van der Waals surface area contributed by atoms with Crippen molar-refractivity contribution < 1.29 is 29.3 Å². The second-order valence-corrected chi connectivity index (χ2v) is 7.93. The lowest BCUT2D eigenvalue weighted by molar-refractivity contribution is -0.151. The Morgan fingerprint density at radius 3 is 2.79 bits per heavy atom. The highest BCUT2D eigenvalue weighted by Gasteiger charge is 2.74. The second kappa shape index (κ2) is 8.21. The van der Waals surface area contributed by atoms with Crippen LogP contribution in [0.4, 0.5) is 0 Å². The molecular weight excluding hydrogens is 364 g/mol. The number of aliphatic carboxylic acids is 1. The zero-order valence-corrected chi connectivity index (χ0v) is 16.4. The number of hydrogen-bond acceptors (Lipinski definition) is 5. The topological polar surface area (TPSA) is 107 Å². The monoisotopic (exact) mass is 394 g/mol. The quantitative estimate of drug-likeness (QED) is 0.416. The van der Waals surface area contributed by atoms with Crippen LogP contribution in [0.25, 0.3) is 0 Å².